The molecule has 0 spiro atoms. The van der Waals surface area contributed by atoms with Gasteiger partial charge in [0.15, 0.2) is 23.9 Å². The predicted octanol–water partition coefficient (Wildman–Crippen LogP) is -7.47. The first-order chi connectivity index (χ1) is 17.9. The van der Waals surface area contributed by atoms with Crippen molar-refractivity contribution in [3.8, 4) is 0 Å². The second kappa shape index (κ2) is 13.6. The number of methoxy groups -OCH3 is 1. The molecule has 3 saturated heterocycles. The van der Waals surface area contributed by atoms with E-state index >= 15 is 0 Å². The van der Waals surface area contributed by atoms with Gasteiger partial charge in [0.1, 0.15) is 73.2 Å². The number of thiocarbonyl (C=S) groups is 1. The van der Waals surface area contributed by atoms with E-state index in [1.165, 1.54) is 7.11 Å². The largest absolute Gasteiger partial charge is 0.394 e. The fraction of sp³-hybridized carbons (Fsp3) is 0.950. The molecular weight excluding hydrogens is 540 g/mol. The standard InChI is InChI=1S/C20H36N2O15S/c1-33-18-14(31)10(27)8(25)5(35-18)2-21-20(38)22-17-13(30)12(29)16(7(4-24)34-17)37-19-15(32)11(28)9(26)6(3-23)36-19/h5-19,23-32H,2-4H2,1H3,(H2,21,22,38)/t5-,6-,7-,8-,9-,10+,11+,12-,13-,14-,15-,16-,17-,18+,19+/m1/s1. The molecule has 17 nitrogen and oxygen atoms in total. The van der Waals surface area contributed by atoms with Crippen molar-refractivity contribution in [2.75, 3.05) is 26.9 Å². The lowest BCUT2D eigenvalue weighted by Crippen LogP contribution is -2.67. The van der Waals surface area contributed by atoms with Crippen molar-refractivity contribution in [3.05, 3.63) is 0 Å². The summed E-state index contributed by atoms with van der Waals surface area (Å²) >= 11 is 5.15. The third-order valence-electron chi connectivity index (χ3n) is 6.64. The van der Waals surface area contributed by atoms with Gasteiger partial charge in [-0.2, -0.15) is 0 Å². The van der Waals surface area contributed by atoms with E-state index in [4.69, 9.17) is 35.9 Å². The highest BCUT2D eigenvalue weighted by atomic mass is 32.1. The first kappa shape index (κ1) is 31.6. The van der Waals surface area contributed by atoms with Crippen LogP contribution in [0.15, 0.2) is 0 Å². The van der Waals surface area contributed by atoms with Crippen LogP contribution in [-0.2, 0) is 23.7 Å². The highest BCUT2D eigenvalue weighted by molar-refractivity contribution is 7.80. The third-order valence-corrected chi connectivity index (χ3v) is 6.90. The molecule has 0 aromatic heterocycles. The molecule has 15 atom stereocenters. The van der Waals surface area contributed by atoms with Crippen LogP contribution < -0.4 is 10.6 Å². The summed E-state index contributed by atoms with van der Waals surface area (Å²) in [6.07, 6.45) is -22.5. The van der Waals surface area contributed by atoms with Gasteiger partial charge in [0.25, 0.3) is 0 Å². The van der Waals surface area contributed by atoms with Crippen LogP contribution in [-0.4, -0.2) is 175 Å². The van der Waals surface area contributed by atoms with Crippen molar-refractivity contribution in [1.29, 1.82) is 0 Å². The van der Waals surface area contributed by atoms with Crippen molar-refractivity contribution < 1.29 is 74.7 Å². The Morgan fingerprint density at radius 2 is 1.24 bits per heavy atom. The SMILES string of the molecule is CO[C@H]1O[C@H](CNC(=S)N[C@@H]2O[C@H](CO)[C@@H](O[C@@H]3O[C@H](CO)[C@@H](O)[C@H](O)[C@H]3O)[C@H](O)[C@H]2O)[C@@H](O)[C@H](O)[C@H]1O. The second-order valence-corrected chi connectivity index (χ2v) is 9.57. The molecule has 3 aliphatic rings. The second-order valence-electron chi connectivity index (χ2n) is 9.16. The molecule has 12 N–H and O–H groups in total. The van der Waals surface area contributed by atoms with E-state index in [-0.39, 0.29) is 11.7 Å². The molecule has 0 unspecified atom stereocenters. The molecule has 0 aromatic rings. The number of aliphatic hydroxyl groups is 10. The van der Waals surface area contributed by atoms with E-state index in [9.17, 15) is 51.1 Å². The van der Waals surface area contributed by atoms with Gasteiger partial charge in [0.05, 0.1) is 13.2 Å². The summed E-state index contributed by atoms with van der Waals surface area (Å²) in [5.41, 5.74) is 0. The van der Waals surface area contributed by atoms with Gasteiger partial charge in [-0.05, 0) is 12.2 Å². The Balaban J connectivity index is 1.58. The average Bonchev–Trinajstić information content (AvgIpc) is 2.91. The lowest BCUT2D eigenvalue weighted by Gasteiger charge is -2.46. The maximum absolute atomic E-state index is 10.7. The Labute approximate surface area is 222 Å². The Kier molecular flexibility index (Phi) is 11.3. The Morgan fingerprint density at radius 3 is 1.82 bits per heavy atom. The molecule has 0 aromatic carbocycles. The van der Waals surface area contributed by atoms with Crippen molar-refractivity contribution in [2.24, 2.45) is 0 Å². The van der Waals surface area contributed by atoms with Gasteiger partial charge < -0.3 is 85.4 Å². The molecule has 0 radical (unpaired) electrons. The maximum atomic E-state index is 10.7. The van der Waals surface area contributed by atoms with Crippen LogP contribution in [0.3, 0.4) is 0 Å². The molecule has 0 aliphatic carbocycles. The molecule has 0 amide bonds. The molecule has 0 saturated carbocycles. The van der Waals surface area contributed by atoms with Crippen molar-refractivity contribution in [2.45, 2.75) is 92.1 Å². The van der Waals surface area contributed by atoms with Crippen LogP contribution in [0, 0.1) is 0 Å². The van der Waals surface area contributed by atoms with Gasteiger partial charge in [0.2, 0.25) is 0 Å². The molecule has 3 fully saturated rings. The van der Waals surface area contributed by atoms with Crippen LogP contribution in [0.5, 0.6) is 0 Å². The van der Waals surface area contributed by atoms with E-state index in [2.05, 4.69) is 10.6 Å². The first-order valence-corrected chi connectivity index (χ1v) is 12.2. The molecule has 18 heteroatoms. The highest BCUT2D eigenvalue weighted by Gasteiger charge is 2.50. The van der Waals surface area contributed by atoms with Crippen molar-refractivity contribution in [3.63, 3.8) is 0 Å². The monoisotopic (exact) mass is 576 g/mol. The average molecular weight is 577 g/mol. The summed E-state index contributed by atoms with van der Waals surface area (Å²) in [5.74, 6) is 0. The molecule has 222 valence electrons. The lowest BCUT2D eigenvalue weighted by molar-refractivity contribution is -0.342. The van der Waals surface area contributed by atoms with Crippen LogP contribution in [0.1, 0.15) is 0 Å². The first-order valence-electron chi connectivity index (χ1n) is 11.8. The third kappa shape index (κ3) is 6.69. The molecule has 3 rings (SSSR count). The van der Waals surface area contributed by atoms with E-state index in [1.54, 1.807) is 0 Å². The summed E-state index contributed by atoms with van der Waals surface area (Å²) in [6.45, 7) is -1.62. The summed E-state index contributed by atoms with van der Waals surface area (Å²) in [6, 6.07) is 0. The number of aliphatic hydroxyl groups excluding tert-OH is 10. The van der Waals surface area contributed by atoms with Gasteiger partial charge in [-0.3, -0.25) is 0 Å². The number of ether oxygens (including phenoxy) is 5. The topological polar surface area (TPSA) is 273 Å². The predicted molar refractivity (Wildman–Crippen MR) is 124 cm³/mol. The Morgan fingerprint density at radius 1 is 0.684 bits per heavy atom. The number of nitrogens with one attached hydrogen (secondary N) is 2. The zero-order valence-corrected chi connectivity index (χ0v) is 21.0. The van der Waals surface area contributed by atoms with E-state index in [0.29, 0.717) is 0 Å². The summed E-state index contributed by atoms with van der Waals surface area (Å²) in [7, 11) is 1.24. The van der Waals surface area contributed by atoms with Crippen LogP contribution in [0.2, 0.25) is 0 Å². The van der Waals surface area contributed by atoms with Crippen LogP contribution in [0.25, 0.3) is 0 Å². The van der Waals surface area contributed by atoms with Gasteiger partial charge in [-0.1, -0.05) is 0 Å². The lowest BCUT2D eigenvalue weighted by atomic mass is 9.96. The van der Waals surface area contributed by atoms with Crippen molar-refractivity contribution in [1.82, 2.24) is 10.6 Å². The molecule has 38 heavy (non-hydrogen) atoms. The van der Waals surface area contributed by atoms with Gasteiger partial charge in [-0.25, -0.2) is 0 Å². The minimum atomic E-state index is -1.79. The number of rotatable bonds is 8. The highest BCUT2D eigenvalue weighted by Crippen LogP contribution is 2.28. The molecule has 0 bridgehead atoms. The van der Waals surface area contributed by atoms with Gasteiger partial charge in [0, 0.05) is 13.7 Å². The fourth-order valence-corrected chi connectivity index (χ4v) is 4.56. The maximum Gasteiger partial charge on any atom is 0.187 e. The fourth-order valence-electron chi connectivity index (χ4n) is 4.36. The van der Waals surface area contributed by atoms with Crippen molar-refractivity contribution >= 4 is 17.3 Å². The van der Waals surface area contributed by atoms with Gasteiger partial charge >= 0.3 is 0 Å². The summed E-state index contributed by atoms with van der Waals surface area (Å²) < 4.78 is 26.6. The Hall–Kier alpha value is -0.910. The van der Waals surface area contributed by atoms with Gasteiger partial charge in [-0.15, -0.1) is 0 Å². The zero-order chi connectivity index (χ0) is 28.3. The normalized spacial score (nSPS) is 47.9. The molecular formula is C20H36N2O15S. The van der Waals surface area contributed by atoms with E-state index < -0.39 is 105 Å². The number of hydrogen-bond donors (Lipinski definition) is 12. The number of hydrogen-bond acceptors (Lipinski definition) is 16. The summed E-state index contributed by atoms with van der Waals surface area (Å²) in [4.78, 5) is 0. The van der Waals surface area contributed by atoms with E-state index in [1.807, 2.05) is 0 Å². The minimum absolute atomic E-state index is 0.142. The zero-order valence-electron chi connectivity index (χ0n) is 20.2. The smallest absolute Gasteiger partial charge is 0.187 e. The van der Waals surface area contributed by atoms with Crippen LogP contribution >= 0.6 is 12.2 Å². The summed E-state index contributed by atoms with van der Waals surface area (Å²) in [5, 5.41) is 105. The van der Waals surface area contributed by atoms with E-state index in [0.717, 1.165) is 0 Å². The Bertz CT molecular complexity index is 766. The van der Waals surface area contributed by atoms with Crippen LogP contribution in [0.4, 0.5) is 0 Å². The quantitative estimate of drug-likeness (QED) is 0.120. The molecule has 3 aliphatic heterocycles. The molecule has 3 heterocycles. The minimum Gasteiger partial charge on any atom is -0.394 e.